The maximum atomic E-state index is 10.1. The summed E-state index contributed by atoms with van der Waals surface area (Å²) >= 11 is 0. The van der Waals surface area contributed by atoms with Gasteiger partial charge in [0.15, 0.2) is 0 Å². The van der Waals surface area contributed by atoms with E-state index < -0.39 is 0 Å². The highest BCUT2D eigenvalue weighted by molar-refractivity contribution is 5.54. The van der Waals surface area contributed by atoms with E-state index in [0.29, 0.717) is 0 Å². The van der Waals surface area contributed by atoms with Gasteiger partial charge in [0.25, 0.3) is 0 Å². The van der Waals surface area contributed by atoms with Crippen LogP contribution >= 0.6 is 0 Å². The molecule has 2 N–H and O–H groups in total. The van der Waals surface area contributed by atoms with Crippen molar-refractivity contribution in [1.82, 2.24) is 5.32 Å². The van der Waals surface area contributed by atoms with Gasteiger partial charge in [-0.15, -0.1) is 0 Å². The van der Waals surface area contributed by atoms with Gasteiger partial charge < -0.3 is 15.3 Å². The van der Waals surface area contributed by atoms with Crippen LogP contribution < -0.4 is 10.2 Å². The fraction of sp³-hybridized carbons (Fsp3) is 0.647. The Morgan fingerprint density at radius 3 is 2.60 bits per heavy atom. The maximum Gasteiger partial charge on any atom is 0.0693 e. The summed E-state index contributed by atoms with van der Waals surface area (Å²) in [5.74, 6) is 0. The lowest BCUT2D eigenvalue weighted by Crippen LogP contribution is -2.41. The molecule has 1 aliphatic heterocycles. The Hall–Kier alpha value is -1.06. The van der Waals surface area contributed by atoms with Gasteiger partial charge in [-0.2, -0.15) is 0 Å². The molecule has 1 aromatic rings. The second-order valence-corrected chi connectivity index (χ2v) is 6.16. The van der Waals surface area contributed by atoms with E-state index in [1.165, 1.54) is 50.0 Å². The number of nitrogens with one attached hydrogen (secondary N) is 1. The Morgan fingerprint density at radius 2 is 1.80 bits per heavy atom. The van der Waals surface area contributed by atoms with Crippen molar-refractivity contribution in [3.05, 3.63) is 29.8 Å². The zero-order valence-electron chi connectivity index (χ0n) is 12.2. The molecule has 1 aromatic carbocycles. The first-order valence-electron chi connectivity index (χ1n) is 8.09. The standard InChI is InChI=1S/C17H26N2O/c20-17-10-4-2-8-15(17)18-13-14-7-1-3-9-16(14)19-11-5-6-12-19/h1,3,7,9,15,17-18,20H,2,4-6,8,10-13H2. The predicted molar refractivity (Wildman–Crippen MR) is 83.0 cm³/mol. The normalized spacial score (nSPS) is 26.9. The van der Waals surface area contributed by atoms with Crippen molar-refractivity contribution >= 4 is 5.69 Å². The number of hydrogen-bond acceptors (Lipinski definition) is 3. The Bertz CT molecular complexity index is 429. The number of anilines is 1. The van der Waals surface area contributed by atoms with Gasteiger partial charge in [0.1, 0.15) is 0 Å². The van der Waals surface area contributed by atoms with E-state index in [4.69, 9.17) is 0 Å². The summed E-state index contributed by atoms with van der Waals surface area (Å²) in [6, 6.07) is 8.98. The van der Waals surface area contributed by atoms with Crippen LogP contribution in [0.25, 0.3) is 0 Å². The Balaban J connectivity index is 1.64. The minimum Gasteiger partial charge on any atom is -0.392 e. The quantitative estimate of drug-likeness (QED) is 0.886. The molecule has 0 bridgehead atoms. The average molecular weight is 274 g/mol. The molecule has 2 atom stereocenters. The van der Waals surface area contributed by atoms with E-state index in [2.05, 4.69) is 34.5 Å². The Labute approximate surface area is 122 Å². The van der Waals surface area contributed by atoms with Crippen LogP contribution in [0.4, 0.5) is 5.69 Å². The molecule has 1 saturated heterocycles. The van der Waals surface area contributed by atoms with Crippen molar-refractivity contribution in [1.29, 1.82) is 0 Å². The molecule has 110 valence electrons. The summed E-state index contributed by atoms with van der Waals surface area (Å²) in [5.41, 5.74) is 2.75. The monoisotopic (exact) mass is 274 g/mol. The first kappa shape index (κ1) is 13.9. The number of nitrogens with zero attached hydrogens (tertiary/aromatic N) is 1. The van der Waals surface area contributed by atoms with Gasteiger partial charge in [0.05, 0.1) is 6.10 Å². The lowest BCUT2D eigenvalue weighted by atomic mass is 9.92. The summed E-state index contributed by atoms with van der Waals surface area (Å²) in [6.07, 6.45) is 6.92. The van der Waals surface area contributed by atoms with Crippen molar-refractivity contribution in [2.24, 2.45) is 0 Å². The van der Waals surface area contributed by atoms with Crippen molar-refractivity contribution < 1.29 is 5.11 Å². The summed E-state index contributed by atoms with van der Waals surface area (Å²) in [5, 5.41) is 13.6. The summed E-state index contributed by atoms with van der Waals surface area (Å²) in [4.78, 5) is 2.49. The van der Waals surface area contributed by atoms with Gasteiger partial charge >= 0.3 is 0 Å². The molecule has 1 saturated carbocycles. The first-order chi connectivity index (χ1) is 9.84. The van der Waals surface area contributed by atoms with Crippen molar-refractivity contribution in [2.45, 2.75) is 57.2 Å². The van der Waals surface area contributed by atoms with E-state index in [1.807, 2.05) is 0 Å². The van der Waals surface area contributed by atoms with Crippen LogP contribution in [-0.2, 0) is 6.54 Å². The van der Waals surface area contributed by atoms with Gasteiger partial charge in [0, 0.05) is 31.4 Å². The highest BCUT2D eigenvalue weighted by Gasteiger charge is 2.23. The second-order valence-electron chi connectivity index (χ2n) is 6.16. The minimum atomic E-state index is -0.164. The van der Waals surface area contributed by atoms with Gasteiger partial charge in [-0.25, -0.2) is 0 Å². The van der Waals surface area contributed by atoms with Gasteiger partial charge in [-0.3, -0.25) is 0 Å². The van der Waals surface area contributed by atoms with Crippen LogP contribution in [0.2, 0.25) is 0 Å². The third-order valence-corrected chi connectivity index (χ3v) is 4.72. The summed E-state index contributed by atoms with van der Waals surface area (Å²) in [7, 11) is 0. The largest absolute Gasteiger partial charge is 0.392 e. The average Bonchev–Trinajstić information content (AvgIpc) is 3.01. The molecule has 0 radical (unpaired) electrons. The molecule has 20 heavy (non-hydrogen) atoms. The molecule has 3 rings (SSSR count). The van der Waals surface area contributed by atoms with Crippen LogP contribution in [0.5, 0.6) is 0 Å². The number of aliphatic hydroxyl groups is 1. The highest BCUT2D eigenvalue weighted by atomic mass is 16.3. The topological polar surface area (TPSA) is 35.5 Å². The smallest absolute Gasteiger partial charge is 0.0693 e. The highest BCUT2D eigenvalue weighted by Crippen LogP contribution is 2.25. The molecule has 2 aliphatic rings. The van der Waals surface area contributed by atoms with Gasteiger partial charge in [-0.05, 0) is 37.3 Å². The van der Waals surface area contributed by atoms with Crippen LogP contribution in [-0.4, -0.2) is 30.3 Å². The number of hydrogen-bond donors (Lipinski definition) is 2. The second kappa shape index (κ2) is 6.59. The molecule has 0 aromatic heterocycles. The van der Waals surface area contributed by atoms with E-state index in [0.717, 1.165) is 19.4 Å². The van der Waals surface area contributed by atoms with Crippen molar-refractivity contribution in [3.63, 3.8) is 0 Å². The molecule has 1 heterocycles. The zero-order chi connectivity index (χ0) is 13.8. The van der Waals surface area contributed by atoms with E-state index in [1.54, 1.807) is 0 Å². The number of para-hydroxylation sites is 1. The molecule has 0 amide bonds. The maximum absolute atomic E-state index is 10.1. The van der Waals surface area contributed by atoms with Crippen LogP contribution in [0.3, 0.4) is 0 Å². The van der Waals surface area contributed by atoms with Crippen LogP contribution in [0.15, 0.2) is 24.3 Å². The van der Waals surface area contributed by atoms with Crippen LogP contribution in [0.1, 0.15) is 44.1 Å². The lowest BCUT2D eigenvalue weighted by molar-refractivity contribution is 0.0903. The zero-order valence-corrected chi connectivity index (χ0v) is 12.2. The van der Waals surface area contributed by atoms with E-state index >= 15 is 0 Å². The van der Waals surface area contributed by atoms with Gasteiger partial charge in [-0.1, -0.05) is 31.0 Å². The molecular weight excluding hydrogens is 248 g/mol. The molecule has 3 nitrogen and oxygen atoms in total. The van der Waals surface area contributed by atoms with Crippen molar-refractivity contribution in [2.75, 3.05) is 18.0 Å². The fourth-order valence-corrected chi connectivity index (χ4v) is 3.52. The van der Waals surface area contributed by atoms with Crippen LogP contribution in [0, 0.1) is 0 Å². The molecule has 2 fully saturated rings. The Kier molecular flexibility index (Phi) is 4.58. The molecule has 0 spiro atoms. The molecule has 2 unspecified atom stereocenters. The van der Waals surface area contributed by atoms with E-state index in [9.17, 15) is 5.11 Å². The number of rotatable bonds is 4. The molecular formula is C17H26N2O. The summed E-state index contributed by atoms with van der Waals surface area (Å²) < 4.78 is 0. The first-order valence-corrected chi connectivity index (χ1v) is 8.09. The number of aliphatic hydroxyl groups excluding tert-OH is 1. The SMILES string of the molecule is OC1CCCCC1NCc1ccccc1N1CCCC1. The fourth-order valence-electron chi connectivity index (χ4n) is 3.52. The van der Waals surface area contributed by atoms with Gasteiger partial charge in [0.2, 0.25) is 0 Å². The van der Waals surface area contributed by atoms with Crippen molar-refractivity contribution in [3.8, 4) is 0 Å². The molecule has 3 heteroatoms. The Morgan fingerprint density at radius 1 is 1.05 bits per heavy atom. The minimum absolute atomic E-state index is 0.164. The predicted octanol–water partition coefficient (Wildman–Crippen LogP) is 2.68. The number of benzene rings is 1. The third-order valence-electron chi connectivity index (χ3n) is 4.72. The lowest BCUT2D eigenvalue weighted by Gasteiger charge is -2.29. The van der Waals surface area contributed by atoms with E-state index in [-0.39, 0.29) is 12.1 Å². The third kappa shape index (κ3) is 3.15. The summed E-state index contributed by atoms with van der Waals surface area (Å²) in [6.45, 7) is 3.24. The molecule has 1 aliphatic carbocycles.